The fraction of sp³-hybridized carbons (Fsp3) is 0.308. The van der Waals surface area contributed by atoms with Gasteiger partial charge < -0.3 is 14.8 Å². The van der Waals surface area contributed by atoms with Crippen molar-refractivity contribution in [1.29, 1.82) is 5.26 Å². The van der Waals surface area contributed by atoms with Crippen LogP contribution in [0, 0.1) is 11.3 Å². The Morgan fingerprint density at radius 2 is 1.81 bits per heavy atom. The van der Waals surface area contributed by atoms with E-state index in [9.17, 15) is 14.4 Å². The van der Waals surface area contributed by atoms with Gasteiger partial charge in [0.25, 0.3) is 5.91 Å². The van der Waals surface area contributed by atoms with E-state index in [2.05, 4.69) is 5.32 Å². The number of ether oxygens (including phenoxy) is 2. The maximum Gasteiger partial charge on any atom is 0.359 e. The van der Waals surface area contributed by atoms with Gasteiger partial charge >= 0.3 is 5.97 Å². The number of rotatable bonds is 10. The fourth-order valence-electron chi connectivity index (χ4n) is 4.02. The number of carbonyl (C=O) groups excluding carboxylic acids is 3. The minimum atomic E-state index is -0.754. The molecule has 1 saturated heterocycles. The van der Waals surface area contributed by atoms with Crippen LogP contribution in [-0.2, 0) is 23.9 Å². The number of nitrogens with zero attached hydrogens (tertiary/aromatic N) is 2. The highest BCUT2D eigenvalue weighted by Crippen LogP contribution is 2.41. The number of benzene rings is 2. The highest BCUT2D eigenvalue weighted by atomic mass is 32.2. The first-order valence-corrected chi connectivity index (χ1v) is 13.6. The molecule has 186 valence electrons. The average molecular weight is 524 g/mol. The Morgan fingerprint density at radius 1 is 1.17 bits per heavy atom. The predicted octanol–water partition coefficient (Wildman–Crippen LogP) is 3.22. The Kier molecular flexibility index (Phi) is 8.57. The number of esters is 1. The fourth-order valence-corrected chi connectivity index (χ4v) is 5.76. The highest BCUT2D eigenvalue weighted by molar-refractivity contribution is 8.00. The van der Waals surface area contributed by atoms with Crippen molar-refractivity contribution < 1.29 is 23.9 Å². The topological polar surface area (TPSA) is 109 Å². The minimum Gasteiger partial charge on any atom is -0.495 e. The van der Waals surface area contributed by atoms with Crippen LogP contribution in [0.25, 0.3) is 0 Å². The number of fused-ring (bicyclic) bond motifs is 1. The zero-order valence-corrected chi connectivity index (χ0v) is 21.2. The molecule has 0 spiro atoms. The molecular weight excluding hydrogens is 498 g/mol. The molecule has 2 atom stereocenters. The lowest BCUT2D eigenvalue weighted by Crippen LogP contribution is -2.70. The number of nitriles is 1. The second-order valence-corrected chi connectivity index (χ2v) is 10.0. The average Bonchev–Trinajstić information content (AvgIpc) is 2.91. The van der Waals surface area contributed by atoms with Gasteiger partial charge in [-0.25, -0.2) is 4.79 Å². The smallest absolute Gasteiger partial charge is 0.359 e. The van der Waals surface area contributed by atoms with E-state index in [4.69, 9.17) is 14.7 Å². The Hall–Kier alpha value is -3.42. The van der Waals surface area contributed by atoms with Crippen molar-refractivity contribution in [1.82, 2.24) is 10.2 Å². The molecule has 0 bridgehead atoms. The van der Waals surface area contributed by atoms with Crippen LogP contribution < -0.4 is 5.32 Å². The van der Waals surface area contributed by atoms with Crippen molar-refractivity contribution in [3.8, 4) is 6.07 Å². The molecule has 2 aromatic carbocycles. The number of amides is 2. The van der Waals surface area contributed by atoms with Crippen LogP contribution in [0.4, 0.5) is 0 Å². The predicted molar refractivity (Wildman–Crippen MR) is 137 cm³/mol. The Bertz CT molecular complexity index is 1140. The SMILES string of the molecule is CCOC1=C(C(=O)OC(c2ccccc2)c2ccccc2)N2C(=O)C(NC(=O)CSCC#N)[C@H]2SC1. The summed E-state index contributed by atoms with van der Waals surface area (Å²) in [5.74, 6) is -0.368. The molecular formula is C26H25N3O5S2. The summed E-state index contributed by atoms with van der Waals surface area (Å²) in [7, 11) is 0. The van der Waals surface area contributed by atoms with Crippen LogP contribution in [0.2, 0.25) is 0 Å². The minimum absolute atomic E-state index is 0.0758. The molecule has 36 heavy (non-hydrogen) atoms. The number of thioether (sulfide) groups is 2. The van der Waals surface area contributed by atoms with Crippen molar-refractivity contribution in [3.63, 3.8) is 0 Å². The van der Waals surface area contributed by atoms with E-state index in [0.29, 0.717) is 18.1 Å². The maximum atomic E-state index is 13.6. The first-order chi connectivity index (χ1) is 17.5. The molecule has 2 heterocycles. The van der Waals surface area contributed by atoms with Crippen molar-refractivity contribution in [2.24, 2.45) is 0 Å². The summed E-state index contributed by atoms with van der Waals surface area (Å²) in [6, 6.07) is 20.0. The van der Waals surface area contributed by atoms with E-state index < -0.39 is 29.4 Å². The van der Waals surface area contributed by atoms with Crippen molar-refractivity contribution in [2.45, 2.75) is 24.4 Å². The zero-order chi connectivity index (χ0) is 25.5. The monoisotopic (exact) mass is 523 g/mol. The van der Waals surface area contributed by atoms with Crippen LogP contribution in [0.5, 0.6) is 0 Å². The number of hydrogen-bond donors (Lipinski definition) is 1. The molecule has 1 N–H and O–H groups in total. The molecule has 8 nitrogen and oxygen atoms in total. The molecule has 2 aromatic rings. The van der Waals surface area contributed by atoms with Crippen molar-refractivity contribution in [3.05, 3.63) is 83.2 Å². The van der Waals surface area contributed by atoms with E-state index in [-0.39, 0.29) is 23.1 Å². The summed E-state index contributed by atoms with van der Waals surface area (Å²) in [4.78, 5) is 40.3. The Morgan fingerprint density at radius 3 is 2.39 bits per heavy atom. The number of carbonyl (C=O) groups is 3. The second kappa shape index (κ2) is 12.0. The van der Waals surface area contributed by atoms with Gasteiger partial charge in [0.05, 0.1) is 29.9 Å². The van der Waals surface area contributed by atoms with Gasteiger partial charge in [0.15, 0.2) is 11.8 Å². The standard InChI is InChI=1S/C26H25N3O5S2/c1-2-33-19-15-36-25-21(28-20(30)16-35-14-13-27)24(31)29(25)22(19)26(32)34-23(17-9-5-3-6-10-17)18-11-7-4-8-12-18/h3-12,21,23,25H,2,14-16H2,1H3,(H,28,30)/t21?,25-/m1/s1. The van der Waals surface area contributed by atoms with Gasteiger partial charge in [-0.3, -0.25) is 14.5 Å². The Labute approximate surface area is 218 Å². The molecule has 0 aliphatic carbocycles. The van der Waals surface area contributed by atoms with Crippen LogP contribution in [-0.4, -0.2) is 58.0 Å². The lowest BCUT2D eigenvalue weighted by atomic mass is 10.0. The molecule has 1 fully saturated rings. The van der Waals surface area contributed by atoms with Gasteiger partial charge in [-0.05, 0) is 18.1 Å². The van der Waals surface area contributed by atoms with E-state index in [1.165, 1.54) is 28.4 Å². The molecule has 0 radical (unpaired) electrons. The van der Waals surface area contributed by atoms with Crippen molar-refractivity contribution in [2.75, 3.05) is 23.9 Å². The first kappa shape index (κ1) is 25.7. The molecule has 2 aliphatic rings. The molecule has 2 aliphatic heterocycles. The highest BCUT2D eigenvalue weighted by Gasteiger charge is 2.55. The third kappa shape index (κ3) is 5.53. The molecule has 0 saturated carbocycles. The summed E-state index contributed by atoms with van der Waals surface area (Å²) >= 11 is 2.59. The van der Waals surface area contributed by atoms with Gasteiger partial charge in [0, 0.05) is 0 Å². The first-order valence-electron chi connectivity index (χ1n) is 11.4. The van der Waals surface area contributed by atoms with Gasteiger partial charge in [0.2, 0.25) is 5.91 Å². The van der Waals surface area contributed by atoms with Gasteiger partial charge in [-0.15, -0.1) is 23.5 Å². The maximum absolute atomic E-state index is 13.6. The normalized spacial score (nSPS) is 18.7. The van der Waals surface area contributed by atoms with Gasteiger partial charge in [-0.2, -0.15) is 5.26 Å². The quantitative estimate of drug-likeness (QED) is 0.287. The summed E-state index contributed by atoms with van der Waals surface area (Å²) in [5, 5.41) is 10.9. The number of hydrogen-bond acceptors (Lipinski definition) is 8. The molecule has 1 unspecified atom stereocenters. The van der Waals surface area contributed by atoms with E-state index in [1.807, 2.05) is 73.7 Å². The van der Waals surface area contributed by atoms with Crippen LogP contribution in [0.15, 0.2) is 72.1 Å². The lowest BCUT2D eigenvalue weighted by molar-refractivity contribution is -0.155. The van der Waals surface area contributed by atoms with E-state index in [1.54, 1.807) is 0 Å². The summed E-state index contributed by atoms with van der Waals surface area (Å²) in [6.45, 7) is 2.14. The largest absolute Gasteiger partial charge is 0.495 e. The van der Waals surface area contributed by atoms with Gasteiger partial charge in [-0.1, -0.05) is 60.7 Å². The second-order valence-electron chi connectivity index (χ2n) is 7.92. The summed E-state index contributed by atoms with van der Waals surface area (Å²) < 4.78 is 11.8. The van der Waals surface area contributed by atoms with Crippen molar-refractivity contribution >= 4 is 41.3 Å². The lowest BCUT2D eigenvalue weighted by Gasteiger charge is -2.49. The zero-order valence-electron chi connectivity index (χ0n) is 19.6. The van der Waals surface area contributed by atoms with Gasteiger partial charge in [0.1, 0.15) is 17.2 Å². The van der Waals surface area contributed by atoms with Crippen LogP contribution in [0.3, 0.4) is 0 Å². The van der Waals surface area contributed by atoms with E-state index in [0.717, 1.165) is 11.1 Å². The summed E-state index contributed by atoms with van der Waals surface area (Å²) in [6.07, 6.45) is -0.674. The molecule has 2 amide bonds. The molecule has 10 heteroatoms. The number of β-lactam (4-membered cyclic amide) rings is 1. The number of nitrogens with one attached hydrogen (secondary N) is 1. The van der Waals surface area contributed by atoms with Crippen LogP contribution >= 0.6 is 23.5 Å². The third-order valence-electron chi connectivity index (χ3n) is 5.59. The summed E-state index contributed by atoms with van der Waals surface area (Å²) in [5.41, 5.74) is 1.67. The van der Waals surface area contributed by atoms with E-state index >= 15 is 0 Å². The van der Waals surface area contributed by atoms with Crippen LogP contribution in [0.1, 0.15) is 24.2 Å². The third-order valence-corrected chi connectivity index (χ3v) is 7.64. The molecule has 0 aromatic heterocycles. The molecule has 4 rings (SSSR count). The Balaban J connectivity index is 1.56.